The van der Waals surface area contributed by atoms with Crippen LogP contribution in [0, 0.1) is 0 Å². The number of benzene rings is 2. The molecule has 2 N–H and O–H groups in total. The van der Waals surface area contributed by atoms with Gasteiger partial charge in [0.2, 0.25) is 10.0 Å². The summed E-state index contributed by atoms with van der Waals surface area (Å²) in [7, 11) is 0.634. The molecule has 0 radical (unpaired) electrons. The Morgan fingerprint density at radius 1 is 1.04 bits per heavy atom. The fourth-order valence-corrected chi connectivity index (χ4v) is 2.85. The molecule has 0 unspecified atom stereocenters. The van der Waals surface area contributed by atoms with Gasteiger partial charge in [-0.15, -0.1) is 0 Å². The normalized spacial score (nSPS) is 11.0. The van der Waals surface area contributed by atoms with Crippen molar-refractivity contribution >= 4 is 15.9 Å². The summed E-state index contributed by atoms with van der Waals surface area (Å²) in [5, 5.41) is 5.14. The van der Waals surface area contributed by atoms with Crippen LogP contribution in [0.5, 0.6) is 17.2 Å². The molecule has 27 heavy (non-hydrogen) atoms. The van der Waals surface area contributed by atoms with Gasteiger partial charge in [0.15, 0.2) is 0 Å². The summed E-state index contributed by atoms with van der Waals surface area (Å²) in [6.45, 7) is 0.541. The van der Waals surface area contributed by atoms with Crippen molar-refractivity contribution in [1.82, 2.24) is 4.90 Å². The van der Waals surface area contributed by atoms with E-state index in [9.17, 15) is 13.2 Å². The minimum atomic E-state index is -3.93. The maximum atomic E-state index is 12.7. The molecular formula is C18H22N2O6S. The Morgan fingerprint density at radius 3 is 2.22 bits per heavy atom. The molecule has 2 aromatic carbocycles. The van der Waals surface area contributed by atoms with E-state index in [0.717, 1.165) is 5.75 Å². The monoisotopic (exact) mass is 394 g/mol. The highest BCUT2D eigenvalue weighted by molar-refractivity contribution is 7.89. The smallest absolute Gasteiger partial charge is 0.257 e. The van der Waals surface area contributed by atoms with Crippen molar-refractivity contribution in [3.63, 3.8) is 0 Å². The van der Waals surface area contributed by atoms with Crippen molar-refractivity contribution in [2.45, 2.75) is 4.90 Å². The van der Waals surface area contributed by atoms with Gasteiger partial charge in [-0.25, -0.2) is 13.6 Å². The Labute approximate surface area is 158 Å². The van der Waals surface area contributed by atoms with Gasteiger partial charge in [0, 0.05) is 7.05 Å². The first-order chi connectivity index (χ1) is 12.8. The highest BCUT2D eigenvalue weighted by Gasteiger charge is 2.20. The number of primary sulfonamides is 1. The van der Waals surface area contributed by atoms with Crippen molar-refractivity contribution < 1.29 is 27.4 Å². The van der Waals surface area contributed by atoms with Crippen LogP contribution in [0.2, 0.25) is 0 Å². The molecule has 1 amide bonds. The number of nitrogens with zero attached hydrogens (tertiary/aromatic N) is 1. The van der Waals surface area contributed by atoms with Crippen LogP contribution in [0.15, 0.2) is 47.4 Å². The summed E-state index contributed by atoms with van der Waals surface area (Å²) in [6, 6.07) is 11.0. The molecule has 0 atom stereocenters. The summed E-state index contributed by atoms with van der Waals surface area (Å²) >= 11 is 0. The van der Waals surface area contributed by atoms with Crippen LogP contribution in [0.25, 0.3) is 0 Å². The summed E-state index contributed by atoms with van der Waals surface area (Å²) in [5.41, 5.74) is 0.107. The van der Waals surface area contributed by atoms with E-state index in [1.54, 1.807) is 38.4 Å². The predicted molar refractivity (Wildman–Crippen MR) is 99.8 cm³/mol. The average Bonchev–Trinajstić information content (AvgIpc) is 2.66. The maximum absolute atomic E-state index is 12.7. The van der Waals surface area contributed by atoms with Crippen LogP contribution in [-0.4, -0.2) is 53.6 Å². The molecule has 0 aliphatic carbocycles. The molecule has 0 saturated heterocycles. The Balaban J connectivity index is 2.05. The third-order valence-electron chi connectivity index (χ3n) is 3.83. The van der Waals surface area contributed by atoms with Crippen LogP contribution in [0.1, 0.15) is 10.4 Å². The molecule has 9 heteroatoms. The van der Waals surface area contributed by atoms with Crippen LogP contribution in [0.4, 0.5) is 0 Å². The summed E-state index contributed by atoms with van der Waals surface area (Å²) in [4.78, 5) is 13.9. The number of carbonyl (C=O) groups excluding carboxylic acids is 1. The topological polar surface area (TPSA) is 108 Å². The number of ether oxygens (including phenoxy) is 3. The molecule has 2 rings (SSSR count). The fourth-order valence-electron chi connectivity index (χ4n) is 2.31. The largest absolute Gasteiger partial charge is 0.497 e. The molecule has 2 aromatic rings. The Morgan fingerprint density at radius 2 is 1.67 bits per heavy atom. The third-order valence-corrected chi connectivity index (χ3v) is 4.74. The lowest BCUT2D eigenvalue weighted by Gasteiger charge is -2.19. The van der Waals surface area contributed by atoms with Gasteiger partial charge in [-0.2, -0.15) is 0 Å². The maximum Gasteiger partial charge on any atom is 0.257 e. The number of carbonyl (C=O) groups is 1. The van der Waals surface area contributed by atoms with Gasteiger partial charge in [0.25, 0.3) is 5.91 Å². The summed E-state index contributed by atoms with van der Waals surface area (Å²) < 4.78 is 38.9. The SMILES string of the molecule is COc1ccc(OCCN(C)C(=O)c2cc(S(N)(=O)=O)ccc2OC)cc1. The molecule has 0 fully saturated rings. The van der Waals surface area contributed by atoms with Crippen LogP contribution < -0.4 is 19.3 Å². The van der Waals surface area contributed by atoms with Gasteiger partial charge in [-0.05, 0) is 42.5 Å². The summed E-state index contributed by atoms with van der Waals surface area (Å²) in [6.07, 6.45) is 0. The minimum absolute atomic E-state index is 0.107. The number of nitrogens with two attached hydrogens (primary N) is 1. The Bertz CT molecular complexity index is 897. The van der Waals surface area contributed by atoms with Gasteiger partial charge in [-0.3, -0.25) is 4.79 Å². The standard InChI is InChI=1S/C18H22N2O6S/c1-20(10-11-26-14-6-4-13(24-2)5-7-14)18(21)16-12-15(27(19,22)23)8-9-17(16)25-3/h4-9,12H,10-11H2,1-3H3,(H2,19,22,23). The average molecular weight is 394 g/mol. The summed E-state index contributed by atoms with van der Waals surface area (Å²) in [5.74, 6) is 1.22. The lowest BCUT2D eigenvalue weighted by atomic mass is 10.1. The molecular weight excluding hydrogens is 372 g/mol. The van der Waals surface area contributed by atoms with Crippen molar-refractivity contribution in [3.8, 4) is 17.2 Å². The number of hydrogen-bond donors (Lipinski definition) is 1. The first kappa shape index (κ1) is 20.5. The first-order valence-corrected chi connectivity index (χ1v) is 9.54. The fraction of sp³-hybridized carbons (Fsp3) is 0.278. The van der Waals surface area contributed by atoms with Gasteiger partial charge in [0.1, 0.15) is 23.9 Å². The van der Waals surface area contributed by atoms with Crippen molar-refractivity contribution in [2.75, 3.05) is 34.4 Å². The van der Waals surface area contributed by atoms with Crippen molar-refractivity contribution in [1.29, 1.82) is 0 Å². The molecule has 0 aliphatic rings. The molecule has 0 heterocycles. The Hall–Kier alpha value is -2.78. The number of hydrogen-bond acceptors (Lipinski definition) is 6. The van der Waals surface area contributed by atoms with E-state index in [-0.39, 0.29) is 29.4 Å². The van der Waals surface area contributed by atoms with Crippen molar-refractivity contribution in [2.24, 2.45) is 5.14 Å². The van der Waals surface area contributed by atoms with E-state index in [0.29, 0.717) is 5.75 Å². The minimum Gasteiger partial charge on any atom is -0.497 e. The zero-order chi connectivity index (χ0) is 20.0. The molecule has 8 nitrogen and oxygen atoms in total. The zero-order valence-corrected chi connectivity index (χ0v) is 16.2. The first-order valence-electron chi connectivity index (χ1n) is 7.99. The molecule has 0 aromatic heterocycles. The molecule has 0 spiro atoms. The van der Waals surface area contributed by atoms with Crippen LogP contribution in [-0.2, 0) is 10.0 Å². The highest BCUT2D eigenvalue weighted by atomic mass is 32.2. The quantitative estimate of drug-likeness (QED) is 0.727. The van der Waals surface area contributed by atoms with Gasteiger partial charge in [-0.1, -0.05) is 0 Å². The molecule has 0 aliphatic heterocycles. The van der Waals surface area contributed by atoms with Gasteiger partial charge in [0.05, 0.1) is 31.2 Å². The Kier molecular flexibility index (Phi) is 6.65. The van der Waals surface area contributed by atoms with Gasteiger partial charge >= 0.3 is 0 Å². The highest BCUT2D eigenvalue weighted by Crippen LogP contribution is 2.23. The molecule has 0 saturated carbocycles. The number of likely N-dealkylation sites (N-methyl/N-ethyl adjacent to an activating group) is 1. The van der Waals surface area contributed by atoms with E-state index in [1.165, 1.54) is 30.2 Å². The number of rotatable bonds is 8. The van der Waals surface area contributed by atoms with E-state index in [2.05, 4.69) is 0 Å². The number of sulfonamides is 1. The van der Waals surface area contributed by atoms with Crippen LogP contribution in [0.3, 0.4) is 0 Å². The second-order valence-corrected chi connectivity index (χ2v) is 7.22. The number of amides is 1. The van der Waals surface area contributed by atoms with E-state index >= 15 is 0 Å². The number of methoxy groups -OCH3 is 2. The third kappa shape index (κ3) is 5.35. The second-order valence-electron chi connectivity index (χ2n) is 5.66. The predicted octanol–water partition coefficient (Wildman–Crippen LogP) is 1.50. The van der Waals surface area contributed by atoms with Crippen LogP contribution >= 0.6 is 0 Å². The van der Waals surface area contributed by atoms with Gasteiger partial charge < -0.3 is 19.1 Å². The molecule has 146 valence electrons. The van der Waals surface area contributed by atoms with E-state index in [4.69, 9.17) is 19.3 Å². The second kappa shape index (κ2) is 8.74. The van der Waals surface area contributed by atoms with E-state index in [1.807, 2.05) is 0 Å². The van der Waals surface area contributed by atoms with E-state index < -0.39 is 15.9 Å². The zero-order valence-electron chi connectivity index (χ0n) is 15.3. The lowest BCUT2D eigenvalue weighted by molar-refractivity contribution is 0.0770. The molecule has 0 bridgehead atoms. The van der Waals surface area contributed by atoms with Crippen molar-refractivity contribution in [3.05, 3.63) is 48.0 Å². The lowest BCUT2D eigenvalue weighted by Crippen LogP contribution is -2.31.